The van der Waals surface area contributed by atoms with E-state index >= 15 is 0 Å². The molecule has 0 aromatic heterocycles. The van der Waals surface area contributed by atoms with Crippen molar-refractivity contribution >= 4 is 0 Å². The van der Waals surface area contributed by atoms with Crippen LogP contribution in [0.4, 0.5) is 0 Å². The van der Waals surface area contributed by atoms with E-state index in [-0.39, 0.29) is 0 Å². The highest BCUT2D eigenvalue weighted by molar-refractivity contribution is 4.68. The van der Waals surface area contributed by atoms with Crippen LogP contribution in [0.1, 0.15) is 169 Å². The summed E-state index contributed by atoms with van der Waals surface area (Å²) in [6, 6.07) is 0. The van der Waals surface area contributed by atoms with Gasteiger partial charge in [0, 0.05) is 0 Å². The van der Waals surface area contributed by atoms with Gasteiger partial charge in [-0.15, -0.1) is 0 Å². The molecule has 0 aromatic carbocycles. The van der Waals surface area contributed by atoms with Gasteiger partial charge in [0.05, 0.1) is 0 Å². The molecule has 0 amide bonds. The van der Waals surface area contributed by atoms with E-state index in [9.17, 15) is 0 Å². The predicted octanol–water partition coefficient (Wildman–Crippen LogP) is 10.6. The first-order valence-corrected chi connectivity index (χ1v) is 13.1. The molecule has 0 saturated carbocycles. The molecule has 0 saturated heterocycles. The van der Waals surface area contributed by atoms with Crippen LogP contribution in [0.5, 0.6) is 0 Å². The van der Waals surface area contributed by atoms with Crippen LogP contribution in [0, 0.1) is 5.41 Å². The van der Waals surface area contributed by atoms with Crippen molar-refractivity contribution in [3.05, 3.63) is 0 Å². The normalized spacial score (nSPS) is 12.0. The first kappa shape index (κ1) is 27.0. The fourth-order valence-corrected chi connectivity index (χ4v) is 4.31. The maximum Gasteiger partial charge on any atom is -0.0354 e. The zero-order valence-electron chi connectivity index (χ0n) is 20.1. The Morgan fingerprint density at radius 2 is 0.556 bits per heavy atom. The molecule has 0 atom stereocenters. The molecule has 0 aromatic rings. The van der Waals surface area contributed by atoms with Gasteiger partial charge < -0.3 is 0 Å². The van der Waals surface area contributed by atoms with Crippen molar-refractivity contribution in [2.45, 2.75) is 169 Å². The minimum atomic E-state index is 0.585. The molecule has 0 N–H and O–H groups in total. The van der Waals surface area contributed by atoms with Gasteiger partial charge in [0.15, 0.2) is 0 Å². The second kappa shape index (κ2) is 20.7. The Bertz CT molecular complexity index is 265. The van der Waals surface area contributed by atoms with Gasteiger partial charge in [-0.25, -0.2) is 0 Å². The van der Waals surface area contributed by atoms with Crippen molar-refractivity contribution < 1.29 is 0 Å². The first-order chi connectivity index (χ1) is 13.1. The molecule has 0 bridgehead atoms. The van der Waals surface area contributed by atoms with Crippen LogP contribution in [0.25, 0.3) is 0 Å². The van der Waals surface area contributed by atoms with Gasteiger partial charge in [0.25, 0.3) is 0 Å². The lowest BCUT2D eigenvalue weighted by Crippen LogP contribution is -2.11. The smallest absolute Gasteiger partial charge is 0.0354 e. The summed E-state index contributed by atoms with van der Waals surface area (Å²) in [5.74, 6) is 0. The highest BCUT2D eigenvalue weighted by atomic mass is 14.2. The van der Waals surface area contributed by atoms with Gasteiger partial charge in [-0.1, -0.05) is 156 Å². The molecule has 0 rings (SSSR count). The van der Waals surface area contributed by atoms with E-state index in [1.807, 2.05) is 0 Å². The van der Waals surface area contributed by atoms with E-state index in [1.54, 1.807) is 0 Å². The molecule has 0 aliphatic rings. The lowest BCUT2D eigenvalue weighted by Gasteiger charge is -2.24. The summed E-state index contributed by atoms with van der Waals surface area (Å²) in [6.07, 6.45) is 32.1. The van der Waals surface area contributed by atoms with Gasteiger partial charge in [-0.2, -0.15) is 0 Å². The van der Waals surface area contributed by atoms with Crippen molar-refractivity contribution in [3.63, 3.8) is 0 Å². The maximum absolute atomic E-state index is 2.50. The van der Waals surface area contributed by atoms with E-state index in [4.69, 9.17) is 0 Å². The number of hydrogen-bond acceptors (Lipinski definition) is 0. The molecule has 0 heteroatoms. The Hall–Kier alpha value is 0. The minimum absolute atomic E-state index is 0.585. The van der Waals surface area contributed by atoms with E-state index < -0.39 is 0 Å². The van der Waals surface area contributed by atoms with Crippen LogP contribution in [-0.4, -0.2) is 0 Å². The second-order valence-electron chi connectivity index (χ2n) is 10.0. The van der Waals surface area contributed by atoms with Gasteiger partial charge in [-0.05, 0) is 18.3 Å². The van der Waals surface area contributed by atoms with Crippen molar-refractivity contribution in [1.29, 1.82) is 0 Å². The molecule has 0 spiro atoms. The summed E-state index contributed by atoms with van der Waals surface area (Å²) in [4.78, 5) is 0. The zero-order valence-corrected chi connectivity index (χ0v) is 20.1. The molecule has 0 fully saturated rings. The summed E-state index contributed by atoms with van der Waals surface area (Å²) >= 11 is 0. The highest BCUT2D eigenvalue weighted by Crippen LogP contribution is 2.30. The highest BCUT2D eigenvalue weighted by Gasteiger charge is 2.16. The average molecular weight is 381 g/mol. The molecular formula is C27H56. The van der Waals surface area contributed by atoms with Crippen molar-refractivity contribution in [3.8, 4) is 0 Å². The Morgan fingerprint density at radius 1 is 0.333 bits per heavy atom. The van der Waals surface area contributed by atoms with E-state index in [0.717, 1.165) is 0 Å². The monoisotopic (exact) mass is 380 g/mol. The van der Waals surface area contributed by atoms with Crippen LogP contribution < -0.4 is 0 Å². The predicted molar refractivity (Wildman–Crippen MR) is 127 cm³/mol. The quantitative estimate of drug-likeness (QED) is 0.164. The molecule has 27 heavy (non-hydrogen) atoms. The largest absolute Gasteiger partial charge is 0.0654 e. The molecule has 164 valence electrons. The fraction of sp³-hybridized carbons (Fsp3) is 1.00. The van der Waals surface area contributed by atoms with Crippen molar-refractivity contribution in [1.82, 2.24) is 0 Å². The summed E-state index contributed by atoms with van der Waals surface area (Å²) in [5, 5.41) is 0. The third kappa shape index (κ3) is 22.2. The van der Waals surface area contributed by atoms with Gasteiger partial charge in [-0.3, -0.25) is 0 Å². The Labute approximate surface area is 174 Å². The molecule has 0 radical (unpaired) electrons. The lowest BCUT2D eigenvalue weighted by atomic mass is 9.82. The van der Waals surface area contributed by atoms with Crippen LogP contribution >= 0.6 is 0 Å². The fourth-order valence-electron chi connectivity index (χ4n) is 4.31. The van der Waals surface area contributed by atoms with Gasteiger partial charge in [0.1, 0.15) is 0 Å². The third-order valence-electron chi connectivity index (χ3n) is 6.41. The van der Waals surface area contributed by atoms with E-state index in [1.165, 1.54) is 141 Å². The summed E-state index contributed by atoms with van der Waals surface area (Å²) in [6.45, 7) is 9.61. The van der Waals surface area contributed by atoms with Crippen molar-refractivity contribution in [2.75, 3.05) is 0 Å². The number of rotatable bonds is 22. The van der Waals surface area contributed by atoms with Gasteiger partial charge >= 0.3 is 0 Å². The molecule has 0 heterocycles. The zero-order chi connectivity index (χ0) is 20.1. The average Bonchev–Trinajstić information content (AvgIpc) is 2.65. The van der Waals surface area contributed by atoms with Crippen LogP contribution in [0.3, 0.4) is 0 Å². The summed E-state index contributed by atoms with van der Waals surface area (Å²) in [5.41, 5.74) is 0.585. The lowest BCUT2D eigenvalue weighted by molar-refractivity contribution is 0.282. The molecule has 0 unspecified atom stereocenters. The summed E-state index contributed by atoms with van der Waals surface area (Å²) < 4.78 is 0. The Morgan fingerprint density at radius 3 is 0.815 bits per heavy atom. The molecule has 0 nitrogen and oxygen atoms in total. The van der Waals surface area contributed by atoms with E-state index in [0.29, 0.717) is 5.41 Å². The van der Waals surface area contributed by atoms with Crippen LogP contribution in [0.2, 0.25) is 0 Å². The number of unbranched alkanes of at least 4 members (excludes halogenated alkanes) is 18. The maximum atomic E-state index is 2.50. The standard InChI is InChI=1S/C27H56/c1-5-7-9-11-13-14-15-16-17-18-19-20-22-24-26-27(3,4)25-23-21-12-10-8-6-2/h5-26H2,1-4H3. The van der Waals surface area contributed by atoms with Gasteiger partial charge in [0.2, 0.25) is 0 Å². The van der Waals surface area contributed by atoms with E-state index in [2.05, 4.69) is 27.7 Å². The second-order valence-corrected chi connectivity index (χ2v) is 10.0. The number of hydrogen-bond donors (Lipinski definition) is 0. The first-order valence-electron chi connectivity index (χ1n) is 13.1. The summed E-state index contributed by atoms with van der Waals surface area (Å²) in [7, 11) is 0. The minimum Gasteiger partial charge on any atom is -0.0654 e. The third-order valence-corrected chi connectivity index (χ3v) is 6.41. The molecular weight excluding hydrogens is 324 g/mol. The Balaban J connectivity index is 3.26. The topological polar surface area (TPSA) is 0 Å². The van der Waals surface area contributed by atoms with Crippen LogP contribution in [0.15, 0.2) is 0 Å². The SMILES string of the molecule is CCCCCCCCCCCCCCCCC(C)(C)CCCCCCCC. The Kier molecular flexibility index (Phi) is 20.7. The molecule has 0 aliphatic heterocycles. The van der Waals surface area contributed by atoms with Crippen LogP contribution in [-0.2, 0) is 0 Å². The molecule has 0 aliphatic carbocycles. The van der Waals surface area contributed by atoms with Crippen molar-refractivity contribution in [2.24, 2.45) is 5.41 Å².